The standard InChI is InChI=1S/C5H5.C2H5.Al.H/c1-2-4-5-3-1;1-2;;/h1-3H,4H2;1H2,2H3;;. The van der Waals surface area contributed by atoms with Gasteiger partial charge in [-0.1, -0.05) is 30.4 Å². The summed E-state index contributed by atoms with van der Waals surface area (Å²) in [4.78, 5) is 0. The van der Waals surface area contributed by atoms with Crippen molar-refractivity contribution >= 4 is 15.2 Å². The van der Waals surface area contributed by atoms with Crippen molar-refractivity contribution in [1.29, 1.82) is 0 Å². The topological polar surface area (TPSA) is 0 Å². The first kappa shape index (κ1) is 6.14. The van der Waals surface area contributed by atoms with E-state index in [4.69, 9.17) is 0 Å². The highest BCUT2D eigenvalue weighted by molar-refractivity contribution is 6.45. The fraction of sp³-hybridized carbons (Fsp3) is 0.429. The van der Waals surface area contributed by atoms with Crippen LogP contribution in [0.25, 0.3) is 0 Å². The Morgan fingerprint density at radius 3 is 3.12 bits per heavy atom. The third kappa shape index (κ3) is 1.51. The molecule has 0 amide bonds. The molecule has 1 aliphatic carbocycles. The van der Waals surface area contributed by atoms with Crippen molar-refractivity contribution < 1.29 is 0 Å². The molecule has 0 aliphatic heterocycles. The summed E-state index contributed by atoms with van der Waals surface area (Å²) in [6.45, 7) is 2.28. The summed E-state index contributed by atoms with van der Waals surface area (Å²) in [6.07, 6.45) is 7.98. The number of hydrogen-bond donors (Lipinski definition) is 0. The molecule has 0 fully saturated rings. The van der Waals surface area contributed by atoms with Crippen molar-refractivity contribution in [2.24, 2.45) is 0 Å². The van der Waals surface area contributed by atoms with E-state index in [1.165, 1.54) is 11.7 Å². The molecule has 1 aliphatic rings. The summed E-state index contributed by atoms with van der Waals surface area (Å²) in [7, 11) is 0. The molecule has 0 saturated heterocycles. The molecule has 0 unspecified atom stereocenters. The van der Waals surface area contributed by atoms with Gasteiger partial charge >= 0.3 is 0 Å². The molecular weight excluding hydrogens is 111 g/mol. The van der Waals surface area contributed by atoms with Crippen molar-refractivity contribution in [3.63, 3.8) is 0 Å². The molecule has 0 nitrogen and oxygen atoms in total. The molecule has 1 heteroatoms. The van der Waals surface area contributed by atoms with E-state index in [9.17, 15) is 0 Å². The predicted octanol–water partition coefficient (Wildman–Crippen LogP) is 1.70. The molecule has 0 spiro atoms. The molecule has 0 bridgehead atoms. The molecular formula is C7H11Al. The van der Waals surface area contributed by atoms with E-state index in [0.717, 1.165) is 0 Å². The van der Waals surface area contributed by atoms with Crippen LogP contribution < -0.4 is 0 Å². The fourth-order valence-corrected chi connectivity index (χ4v) is 2.31. The third-order valence-electron chi connectivity index (χ3n) is 1.42. The van der Waals surface area contributed by atoms with Gasteiger partial charge in [-0.05, 0) is 6.42 Å². The van der Waals surface area contributed by atoms with E-state index < -0.39 is 0 Å². The van der Waals surface area contributed by atoms with Gasteiger partial charge in [0, 0.05) is 0 Å². The Balaban J connectivity index is 2.28. The fourth-order valence-electron chi connectivity index (χ4n) is 0.998. The van der Waals surface area contributed by atoms with Gasteiger partial charge in [0.1, 0.15) is 0 Å². The molecule has 42 valence electrons. The summed E-state index contributed by atoms with van der Waals surface area (Å²) in [6, 6.07) is 0. The van der Waals surface area contributed by atoms with Crippen LogP contribution in [0.3, 0.4) is 0 Å². The SMILES string of the molecule is C[CH2][AlH][C]1=CC=CC1. The van der Waals surface area contributed by atoms with Crippen LogP contribution in [0.1, 0.15) is 13.3 Å². The van der Waals surface area contributed by atoms with Gasteiger partial charge in [0.25, 0.3) is 15.2 Å². The zero-order valence-electron chi connectivity index (χ0n) is 5.35. The van der Waals surface area contributed by atoms with Crippen molar-refractivity contribution in [2.45, 2.75) is 18.6 Å². The minimum Gasteiger partial charge on any atom is -0.132 e. The Hall–Kier alpha value is 0.0125. The van der Waals surface area contributed by atoms with E-state index >= 15 is 0 Å². The lowest BCUT2D eigenvalue weighted by atomic mass is 10.5. The van der Waals surface area contributed by atoms with Crippen LogP contribution in [-0.4, -0.2) is 15.2 Å². The smallest absolute Gasteiger partial charge is 0.132 e. The van der Waals surface area contributed by atoms with Crippen LogP contribution in [-0.2, 0) is 0 Å². The third-order valence-corrected chi connectivity index (χ3v) is 3.09. The van der Waals surface area contributed by atoms with Gasteiger partial charge in [0.05, 0.1) is 0 Å². The Kier molecular flexibility index (Phi) is 2.39. The highest BCUT2D eigenvalue weighted by atomic mass is 27.1. The average Bonchev–Trinajstić information content (AvgIpc) is 2.19. The first-order valence-electron chi connectivity index (χ1n) is 3.28. The quantitative estimate of drug-likeness (QED) is 0.489. The maximum Gasteiger partial charge on any atom is 0.275 e. The normalized spacial score (nSPS) is 16.4. The van der Waals surface area contributed by atoms with E-state index in [1.807, 2.05) is 0 Å². The maximum absolute atomic E-state index is 2.29. The molecule has 0 aromatic heterocycles. The lowest BCUT2D eigenvalue weighted by molar-refractivity contribution is 1.36. The molecule has 0 aromatic carbocycles. The zero-order valence-corrected chi connectivity index (χ0v) is 6.77. The van der Waals surface area contributed by atoms with Crippen LogP contribution in [0, 0.1) is 0 Å². The number of hydrogen-bond acceptors (Lipinski definition) is 0. The largest absolute Gasteiger partial charge is 0.275 e. The predicted molar refractivity (Wildman–Crippen MR) is 39.5 cm³/mol. The van der Waals surface area contributed by atoms with Gasteiger partial charge < -0.3 is 0 Å². The van der Waals surface area contributed by atoms with Crippen molar-refractivity contribution in [3.05, 3.63) is 22.7 Å². The van der Waals surface area contributed by atoms with Gasteiger partial charge in [-0.25, -0.2) is 0 Å². The average molecular weight is 122 g/mol. The van der Waals surface area contributed by atoms with Crippen LogP contribution >= 0.6 is 0 Å². The number of allylic oxidation sites excluding steroid dienone is 4. The summed E-state index contributed by atoms with van der Waals surface area (Å²) < 4.78 is 1.73. The zero-order chi connectivity index (χ0) is 5.82. The van der Waals surface area contributed by atoms with Crippen LogP contribution in [0.5, 0.6) is 0 Å². The first-order valence-corrected chi connectivity index (χ1v) is 4.98. The highest BCUT2D eigenvalue weighted by Gasteiger charge is 1.98. The summed E-state index contributed by atoms with van der Waals surface area (Å²) in [5.41, 5.74) is 0. The van der Waals surface area contributed by atoms with Crippen molar-refractivity contribution in [2.75, 3.05) is 0 Å². The molecule has 0 aromatic rings. The minimum absolute atomic E-state index is 0.197. The van der Waals surface area contributed by atoms with E-state index in [1.54, 1.807) is 4.44 Å². The van der Waals surface area contributed by atoms with Gasteiger partial charge in [0.2, 0.25) is 0 Å². The Morgan fingerprint density at radius 2 is 2.62 bits per heavy atom. The Labute approximate surface area is 57.0 Å². The second-order valence-corrected chi connectivity index (χ2v) is 4.62. The van der Waals surface area contributed by atoms with Gasteiger partial charge in [0.15, 0.2) is 0 Å². The molecule has 0 radical (unpaired) electrons. The monoisotopic (exact) mass is 122 g/mol. The summed E-state index contributed by atoms with van der Waals surface area (Å²) in [5, 5.41) is 1.42. The summed E-state index contributed by atoms with van der Waals surface area (Å²) in [5.74, 6) is 0. The van der Waals surface area contributed by atoms with E-state index in [-0.39, 0.29) is 15.2 Å². The van der Waals surface area contributed by atoms with Gasteiger partial charge in [-0.15, -0.1) is 4.44 Å². The molecule has 0 N–H and O–H groups in total. The van der Waals surface area contributed by atoms with Crippen LogP contribution in [0.4, 0.5) is 0 Å². The maximum atomic E-state index is 2.29. The van der Waals surface area contributed by atoms with Crippen LogP contribution in [0.15, 0.2) is 22.7 Å². The molecule has 0 atom stereocenters. The minimum atomic E-state index is 0.197. The van der Waals surface area contributed by atoms with E-state index in [0.29, 0.717) is 0 Å². The lowest BCUT2D eigenvalue weighted by Crippen LogP contribution is -1.88. The van der Waals surface area contributed by atoms with E-state index in [2.05, 4.69) is 25.2 Å². The van der Waals surface area contributed by atoms with Crippen LogP contribution in [0.2, 0.25) is 5.28 Å². The highest BCUT2D eigenvalue weighted by Crippen LogP contribution is 2.08. The lowest BCUT2D eigenvalue weighted by Gasteiger charge is -1.90. The number of rotatable bonds is 2. The van der Waals surface area contributed by atoms with Gasteiger partial charge in [-0.2, -0.15) is 0 Å². The molecule has 0 heterocycles. The molecule has 1 rings (SSSR count). The Morgan fingerprint density at radius 1 is 1.75 bits per heavy atom. The second kappa shape index (κ2) is 3.12. The molecule has 8 heavy (non-hydrogen) atoms. The first-order chi connectivity index (χ1) is 3.93. The van der Waals surface area contributed by atoms with Crippen molar-refractivity contribution in [3.8, 4) is 0 Å². The second-order valence-electron chi connectivity index (χ2n) is 2.21. The van der Waals surface area contributed by atoms with Gasteiger partial charge in [-0.3, -0.25) is 0 Å². The summed E-state index contributed by atoms with van der Waals surface area (Å²) >= 11 is 0.197. The Bertz CT molecular complexity index is 122. The van der Waals surface area contributed by atoms with Crippen molar-refractivity contribution in [1.82, 2.24) is 0 Å². The molecule has 0 saturated carbocycles.